The minimum atomic E-state index is -3.86. The van der Waals surface area contributed by atoms with E-state index in [4.69, 9.17) is 5.11 Å². The Hall–Kier alpha value is -0.930. The molecule has 0 amide bonds. The maximum atomic E-state index is 12.1. The molecule has 0 atom stereocenters. The zero-order valence-electron chi connectivity index (χ0n) is 11.4. The highest BCUT2D eigenvalue weighted by molar-refractivity contribution is 9.10. The van der Waals surface area contributed by atoms with Crippen LogP contribution in [0.3, 0.4) is 0 Å². The van der Waals surface area contributed by atoms with Crippen molar-refractivity contribution in [2.75, 3.05) is 11.5 Å². The summed E-state index contributed by atoms with van der Waals surface area (Å²) in [7, 11) is -7.34. The number of aromatic carboxylic acids is 1. The van der Waals surface area contributed by atoms with Crippen molar-refractivity contribution in [1.29, 1.82) is 0 Å². The van der Waals surface area contributed by atoms with Crippen molar-refractivity contribution >= 4 is 41.6 Å². The van der Waals surface area contributed by atoms with Gasteiger partial charge in [0.15, 0.2) is 19.7 Å². The van der Waals surface area contributed by atoms with Crippen molar-refractivity contribution < 1.29 is 26.7 Å². The van der Waals surface area contributed by atoms with Crippen LogP contribution in [-0.2, 0) is 19.7 Å². The van der Waals surface area contributed by atoms with E-state index in [1.165, 1.54) is 26.0 Å². The Labute approximate surface area is 132 Å². The van der Waals surface area contributed by atoms with Crippen LogP contribution in [-0.4, -0.2) is 44.7 Å². The van der Waals surface area contributed by atoms with Crippen molar-refractivity contribution in [2.45, 2.75) is 24.0 Å². The standard InChI is InChI=1S/C12H15BrO6S2/c1-8(2)20(16,17)5-6-21(18,19)9-3-4-11(13)10(7-9)12(14)15/h3-4,7-8H,5-6H2,1-2H3,(H,14,15). The third-order valence-electron chi connectivity index (χ3n) is 2.88. The molecule has 0 aliphatic heterocycles. The summed E-state index contributed by atoms with van der Waals surface area (Å²) in [5, 5.41) is 8.31. The first-order valence-corrected chi connectivity index (χ1v) is 10.1. The van der Waals surface area contributed by atoms with Gasteiger partial charge in [-0.3, -0.25) is 0 Å². The molecule has 0 aliphatic carbocycles. The molecule has 0 unspecified atom stereocenters. The average Bonchev–Trinajstić information content (AvgIpc) is 2.36. The summed E-state index contributed by atoms with van der Waals surface area (Å²) in [6, 6.07) is 3.57. The minimum Gasteiger partial charge on any atom is -0.478 e. The van der Waals surface area contributed by atoms with Crippen molar-refractivity contribution in [2.24, 2.45) is 0 Å². The lowest BCUT2D eigenvalue weighted by Gasteiger charge is -2.09. The molecule has 118 valence electrons. The molecule has 21 heavy (non-hydrogen) atoms. The molecule has 6 nitrogen and oxygen atoms in total. The molecule has 1 rings (SSSR count). The van der Waals surface area contributed by atoms with Gasteiger partial charge in [-0.05, 0) is 48.0 Å². The molecule has 0 heterocycles. The van der Waals surface area contributed by atoms with E-state index in [9.17, 15) is 21.6 Å². The van der Waals surface area contributed by atoms with Gasteiger partial charge in [0.05, 0.1) is 27.2 Å². The summed E-state index contributed by atoms with van der Waals surface area (Å²) < 4.78 is 47.8. The van der Waals surface area contributed by atoms with Gasteiger partial charge in [0, 0.05) is 4.47 Å². The molecule has 0 aromatic heterocycles. The van der Waals surface area contributed by atoms with Gasteiger partial charge in [-0.1, -0.05) is 0 Å². The Morgan fingerprint density at radius 2 is 1.76 bits per heavy atom. The molecule has 0 aliphatic rings. The highest BCUT2D eigenvalue weighted by Gasteiger charge is 2.23. The number of carbonyl (C=O) groups is 1. The van der Waals surface area contributed by atoms with Crippen LogP contribution in [0.5, 0.6) is 0 Å². The van der Waals surface area contributed by atoms with E-state index in [2.05, 4.69) is 15.9 Å². The average molecular weight is 399 g/mol. The molecule has 1 aromatic rings. The van der Waals surface area contributed by atoms with Gasteiger partial charge < -0.3 is 5.11 Å². The molecule has 0 saturated carbocycles. The first-order chi connectivity index (χ1) is 9.47. The van der Waals surface area contributed by atoms with Gasteiger partial charge >= 0.3 is 5.97 Å². The topological polar surface area (TPSA) is 106 Å². The molecule has 0 fully saturated rings. The number of rotatable bonds is 6. The molecule has 0 saturated heterocycles. The van der Waals surface area contributed by atoms with Crippen LogP contribution in [0.25, 0.3) is 0 Å². The van der Waals surface area contributed by atoms with Crippen molar-refractivity contribution in [1.82, 2.24) is 0 Å². The van der Waals surface area contributed by atoms with Crippen LogP contribution in [0.15, 0.2) is 27.6 Å². The van der Waals surface area contributed by atoms with E-state index in [0.29, 0.717) is 0 Å². The molecule has 9 heteroatoms. The molecule has 0 radical (unpaired) electrons. The van der Waals surface area contributed by atoms with Gasteiger partial charge in [0.1, 0.15) is 0 Å². The summed E-state index contributed by atoms with van der Waals surface area (Å²) >= 11 is 3.02. The van der Waals surface area contributed by atoms with E-state index in [-0.39, 0.29) is 14.9 Å². The zero-order chi connectivity index (χ0) is 16.4. The number of carboxylic acid groups (broad SMARTS) is 1. The lowest BCUT2D eigenvalue weighted by atomic mass is 10.2. The van der Waals surface area contributed by atoms with Crippen LogP contribution in [0, 0.1) is 0 Å². The maximum Gasteiger partial charge on any atom is 0.336 e. The Morgan fingerprint density at radius 3 is 2.24 bits per heavy atom. The monoisotopic (exact) mass is 398 g/mol. The van der Waals surface area contributed by atoms with E-state index in [0.717, 1.165) is 6.07 Å². The lowest BCUT2D eigenvalue weighted by Crippen LogP contribution is -2.23. The summed E-state index contributed by atoms with van der Waals surface area (Å²) in [6.45, 7) is 2.95. The maximum absolute atomic E-state index is 12.1. The minimum absolute atomic E-state index is 0.192. The quantitative estimate of drug-likeness (QED) is 0.781. The summed E-state index contributed by atoms with van der Waals surface area (Å²) in [6.07, 6.45) is 0. The molecule has 0 spiro atoms. The normalized spacial score (nSPS) is 12.6. The summed E-state index contributed by atoms with van der Waals surface area (Å²) in [5.41, 5.74) is -0.192. The third kappa shape index (κ3) is 4.52. The molecule has 0 bridgehead atoms. The Kier molecular flexibility index (Phi) is 5.57. The van der Waals surface area contributed by atoms with Crippen LogP contribution >= 0.6 is 15.9 Å². The summed E-state index contributed by atoms with van der Waals surface area (Å²) in [5.74, 6) is -2.34. The second-order valence-corrected chi connectivity index (χ2v) is 10.3. The second-order valence-electron chi connectivity index (χ2n) is 4.68. The van der Waals surface area contributed by atoms with Crippen molar-refractivity contribution in [3.63, 3.8) is 0 Å². The second kappa shape index (κ2) is 6.45. The van der Waals surface area contributed by atoms with E-state index in [1.807, 2.05) is 0 Å². The number of sulfone groups is 2. The SMILES string of the molecule is CC(C)S(=O)(=O)CCS(=O)(=O)c1ccc(Br)c(C(=O)O)c1. The Morgan fingerprint density at radius 1 is 1.19 bits per heavy atom. The van der Waals surface area contributed by atoms with E-state index in [1.54, 1.807) is 0 Å². The Bertz CT molecular complexity index is 750. The van der Waals surface area contributed by atoms with Gasteiger partial charge in [-0.25, -0.2) is 21.6 Å². The van der Waals surface area contributed by atoms with Gasteiger partial charge in [-0.2, -0.15) is 0 Å². The van der Waals surface area contributed by atoms with E-state index >= 15 is 0 Å². The Balaban J connectivity index is 3.10. The lowest BCUT2D eigenvalue weighted by molar-refractivity contribution is 0.0695. The molecular weight excluding hydrogens is 384 g/mol. The highest BCUT2D eigenvalue weighted by Crippen LogP contribution is 2.22. The van der Waals surface area contributed by atoms with Gasteiger partial charge in [-0.15, -0.1) is 0 Å². The van der Waals surface area contributed by atoms with Crippen molar-refractivity contribution in [3.8, 4) is 0 Å². The predicted molar refractivity (Wildman–Crippen MR) is 82.1 cm³/mol. The first kappa shape index (κ1) is 18.1. The fraction of sp³-hybridized carbons (Fsp3) is 0.417. The number of carboxylic acids is 1. The number of hydrogen-bond donors (Lipinski definition) is 1. The fourth-order valence-corrected chi connectivity index (χ4v) is 4.94. The smallest absolute Gasteiger partial charge is 0.336 e. The summed E-state index contributed by atoms with van der Waals surface area (Å²) in [4.78, 5) is 10.8. The third-order valence-corrected chi connectivity index (χ3v) is 7.76. The van der Waals surface area contributed by atoms with Crippen LogP contribution in [0.2, 0.25) is 0 Å². The van der Waals surface area contributed by atoms with E-state index < -0.39 is 42.4 Å². The molecule has 1 N–H and O–H groups in total. The first-order valence-electron chi connectivity index (χ1n) is 5.94. The van der Waals surface area contributed by atoms with Gasteiger partial charge in [0.2, 0.25) is 0 Å². The molecule has 1 aromatic carbocycles. The zero-order valence-corrected chi connectivity index (χ0v) is 14.6. The number of hydrogen-bond acceptors (Lipinski definition) is 5. The number of halogens is 1. The highest BCUT2D eigenvalue weighted by atomic mass is 79.9. The molecular formula is C12H15BrO6S2. The van der Waals surface area contributed by atoms with Crippen LogP contribution < -0.4 is 0 Å². The fourth-order valence-electron chi connectivity index (χ4n) is 1.44. The predicted octanol–water partition coefficient (Wildman–Crippen LogP) is 1.74. The number of benzene rings is 1. The largest absolute Gasteiger partial charge is 0.478 e. The van der Waals surface area contributed by atoms with Gasteiger partial charge in [0.25, 0.3) is 0 Å². The van der Waals surface area contributed by atoms with Crippen LogP contribution in [0.1, 0.15) is 24.2 Å². The van der Waals surface area contributed by atoms with Crippen molar-refractivity contribution in [3.05, 3.63) is 28.2 Å². The van der Waals surface area contributed by atoms with Crippen LogP contribution in [0.4, 0.5) is 0 Å².